The molecule has 1 heterocycles. The third kappa shape index (κ3) is 2.58. The van der Waals surface area contributed by atoms with E-state index < -0.39 is 6.10 Å². The van der Waals surface area contributed by atoms with Crippen molar-refractivity contribution in [2.45, 2.75) is 6.10 Å². The van der Waals surface area contributed by atoms with Crippen LogP contribution in [0.3, 0.4) is 0 Å². The highest BCUT2D eigenvalue weighted by Gasteiger charge is 2.23. The first-order valence-electron chi connectivity index (χ1n) is 6.69. The number of benzene rings is 2. The molecular formula is C17H15ClN2O. The number of aliphatic hydroxyl groups excluding tert-OH is 1. The zero-order valence-electron chi connectivity index (χ0n) is 11.6. The number of aliphatic hydroxyl groups is 1. The maximum Gasteiger partial charge on any atom is 0.133 e. The monoisotopic (exact) mass is 298 g/mol. The topological polar surface area (TPSA) is 38.0 Å². The SMILES string of the molecule is Cn1nc(-c2ccccc2)c([C@@H](O)c2ccccc2)c1Cl. The van der Waals surface area contributed by atoms with E-state index >= 15 is 0 Å². The maximum absolute atomic E-state index is 10.7. The largest absolute Gasteiger partial charge is 0.383 e. The molecular weight excluding hydrogens is 284 g/mol. The predicted molar refractivity (Wildman–Crippen MR) is 84.2 cm³/mol. The third-order valence-corrected chi connectivity index (χ3v) is 3.90. The van der Waals surface area contributed by atoms with Gasteiger partial charge in [0.05, 0.1) is 5.56 Å². The van der Waals surface area contributed by atoms with Crippen molar-refractivity contribution in [3.63, 3.8) is 0 Å². The van der Waals surface area contributed by atoms with Gasteiger partial charge in [0.2, 0.25) is 0 Å². The highest BCUT2D eigenvalue weighted by Crippen LogP contribution is 2.36. The number of hydrogen-bond donors (Lipinski definition) is 1. The van der Waals surface area contributed by atoms with Gasteiger partial charge in [0.15, 0.2) is 0 Å². The van der Waals surface area contributed by atoms with E-state index in [0.29, 0.717) is 16.4 Å². The molecule has 0 bridgehead atoms. The van der Waals surface area contributed by atoms with Gasteiger partial charge in [0.1, 0.15) is 17.0 Å². The Balaban J connectivity index is 2.14. The Morgan fingerprint density at radius 1 is 1.00 bits per heavy atom. The standard InChI is InChI=1S/C17H15ClN2O/c1-20-17(18)14(16(21)13-10-6-3-7-11-13)15(19-20)12-8-4-2-5-9-12/h2-11,16,21H,1H3/t16-/m0/s1. The van der Waals surface area contributed by atoms with E-state index in [1.807, 2.05) is 60.7 Å². The minimum atomic E-state index is -0.803. The van der Waals surface area contributed by atoms with Gasteiger partial charge in [0, 0.05) is 12.6 Å². The van der Waals surface area contributed by atoms with Gasteiger partial charge < -0.3 is 5.11 Å². The summed E-state index contributed by atoms with van der Waals surface area (Å²) in [5.41, 5.74) is 3.07. The molecule has 0 saturated heterocycles. The predicted octanol–water partition coefficient (Wildman–Crippen LogP) is 3.82. The van der Waals surface area contributed by atoms with Crippen LogP contribution >= 0.6 is 11.6 Å². The van der Waals surface area contributed by atoms with E-state index in [-0.39, 0.29) is 0 Å². The summed E-state index contributed by atoms with van der Waals surface area (Å²) in [6.07, 6.45) is -0.803. The van der Waals surface area contributed by atoms with Crippen molar-refractivity contribution in [3.8, 4) is 11.3 Å². The molecule has 0 unspecified atom stereocenters. The van der Waals surface area contributed by atoms with Crippen LogP contribution in [0.25, 0.3) is 11.3 Å². The molecule has 1 aromatic heterocycles. The zero-order valence-corrected chi connectivity index (χ0v) is 12.3. The highest BCUT2D eigenvalue weighted by molar-refractivity contribution is 6.30. The van der Waals surface area contributed by atoms with E-state index in [0.717, 1.165) is 11.1 Å². The van der Waals surface area contributed by atoms with Crippen molar-refractivity contribution in [2.75, 3.05) is 0 Å². The van der Waals surface area contributed by atoms with Gasteiger partial charge in [-0.15, -0.1) is 0 Å². The summed E-state index contributed by atoms with van der Waals surface area (Å²) in [6, 6.07) is 19.2. The Labute approximate surface area is 128 Å². The first-order chi connectivity index (χ1) is 10.2. The Hall–Kier alpha value is -2.10. The van der Waals surface area contributed by atoms with Crippen molar-refractivity contribution in [1.82, 2.24) is 9.78 Å². The fourth-order valence-corrected chi connectivity index (χ4v) is 2.60. The van der Waals surface area contributed by atoms with Crippen LogP contribution in [-0.2, 0) is 7.05 Å². The molecule has 0 spiro atoms. The molecule has 1 N–H and O–H groups in total. The van der Waals surface area contributed by atoms with Gasteiger partial charge in [-0.3, -0.25) is 4.68 Å². The average molecular weight is 299 g/mol. The molecule has 0 amide bonds. The van der Waals surface area contributed by atoms with Crippen molar-refractivity contribution < 1.29 is 5.11 Å². The van der Waals surface area contributed by atoms with Gasteiger partial charge >= 0.3 is 0 Å². The average Bonchev–Trinajstić information content (AvgIpc) is 2.84. The van der Waals surface area contributed by atoms with E-state index in [2.05, 4.69) is 5.10 Å². The van der Waals surface area contributed by atoms with Gasteiger partial charge in [-0.1, -0.05) is 72.3 Å². The van der Waals surface area contributed by atoms with E-state index in [1.165, 1.54) is 0 Å². The molecule has 0 aliphatic carbocycles. The molecule has 0 aliphatic heterocycles. The molecule has 3 nitrogen and oxygen atoms in total. The van der Waals surface area contributed by atoms with Crippen molar-refractivity contribution in [3.05, 3.63) is 76.9 Å². The van der Waals surface area contributed by atoms with Crippen molar-refractivity contribution in [1.29, 1.82) is 0 Å². The van der Waals surface area contributed by atoms with Crippen LogP contribution in [0.2, 0.25) is 5.15 Å². The van der Waals surface area contributed by atoms with Crippen LogP contribution in [0.15, 0.2) is 60.7 Å². The number of rotatable bonds is 3. The second-order valence-corrected chi connectivity index (χ2v) is 5.21. The molecule has 106 valence electrons. The summed E-state index contributed by atoms with van der Waals surface area (Å²) in [6.45, 7) is 0. The fourth-order valence-electron chi connectivity index (χ4n) is 2.37. The second kappa shape index (κ2) is 5.72. The lowest BCUT2D eigenvalue weighted by atomic mass is 9.99. The molecule has 0 radical (unpaired) electrons. The Morgan fingerprint density at radius 2 is 1.57 bits per heavy atom. The lowest BCUT2D eigenvalue weighted by Crippen LogP contribution is -2.01. The van der Waals surface area contributed by atoms with Crippen molar-refractivity contribution in [2.24, 2.45) is 7.05 Å². The van der Waals surface area contributed by atoms with Crippen LogP contribution < -0.4 is 0 Å². The molecule has 0 fully saturated rings. The summed E-state index contributed by atoms with van der Waals surface area (Å²) in [5, 5.41) is 15.6. The first kappa shape index (κ1) is 13.9. The van der Waals surface area contributed by atoms with Gasteiger partial charge in [-0.25, -0.2) is 0 Å². The minimum absolute atomic E-state index is 0.449. The van der Waals surface area contributed by atoms with E-state index in [4.69, 9.17) is 11.6 Å². The zero-order chi connectivity index (χ0) is 14.8. The number of nitrogens with zero attached hydrogens (tertiary/aromatic N) is 2. The number of aromatic nitrogens is 2. The van der Waals surface area contributed by atoms with Gasteiger partial charge in [0.25, 0.3) is 0 Å². The number of hydrogen-bond acceptors (Lipinski definition) is 2. The maximum atomic E-state index is 10.7. The quantitative estimate of drug-likeness (QED) is 0.798. The molecule has 3 aromatic rings. The van der Waals surface area contributed by atoms with Crippen LogP contribution in [-0.4, -0.2) is 14.9 Å². The Kier molecular flexibility index (Phi) is 3.78. The molecule has 2 aromatic carbocycles. The summed E-state index contributed by atoms with van der Waals surface area (Å²) < 4.78 is 1.59. The first-order valence-corrected chi connectivity index (χ1v) is 7.07. The summed E-state index contributed by atoms with van der Waals surface area (Å²) in [5.74, 6) is 0. The van der Waals surface area contributed by atoms with E-state index in [9.17, 15) is 5.11 Å². The Morgan fingerprint density at radius 3 is 2.19 bits per heavy atom. The smallest absolute Gasteiger partial charge is 0.133 e. The molecule has 0 aliphatic rings. The third-order valence-electron chi connectivity index (χ3n) is 3.45. The number of halogens is 1. The number of aryl methyl sites for hydroxylation is 1. The highest BCUT2D eigenvalue weighted by atomic mass is 35.5. The summed E-state index contributed by atoms with van der Waals surface area (Å²) in [4.78, 5) is 0. The molecule has 21 heavy (non-hydrogen) atoms. The van der Waals surface area contributed by atoms with Crippen LogP contribution in [0.4, 0.5) is 0 Å². The van der Waals surface area contributed by atoms with Crippen LogP contribution in [0.5, 0.6) is 0 Å². The lowest BCUT2D eigenvalue weighted by Gasteiger charge is -2.12. The fraction of sp³-hybridized carbons (Fsp3) is 0.118. The lowest BCUT2D eigenvalue weighted by molar-refractivity contribution is 0.221. The van der Waals surface area contributed by atoms with Gasteiger partial charge in [-0.05, 0) is 5.56 Å². The Bertz CT molecular complexity index is 738. The normalized spacial score (nSPS) is 12.3. The summed E-state index contributed by atoms with van der Waals surface area (Å²) >= 11 is 6.35. The molecule has 0 saturated carbocycles. The van der Waals surface area contributed by atoms with Crippen LogP contribution in [0.1, 0.15) is 17.2 Å². The van der Waals surface area contributed by atoms with Crippen LogP contribution in [0, 0.1) is 0 Å². The van der Waals surface area contributed by atoms with Crippen molar-refractivity contribution >= 4 is 11.6 Å². The molecule has 3 rings (SSSR count). The molecule has 4 heteroatoms. The van der Waals surface area contributed by atoms with Gasteiger partial charge in [-0.2, -0.15) is 5.10 Å². The minimum Gasteiger partial charge on any atom is -0.383 e. The summed E-state index contributed by atoms with van der Waals surface area (Å²) in [7, 11) is 1.77. The van der Waals surface area contributed by atoms with E-state index in [1.54, 1.807) is 11.7 Å². The molecule has 1 atom stereocenters. The second-order valence-electron chi connectivity index (χ2n) is 4.86.